The van der Waals surface area contributed by atoms with Crippen molar-refractivity contribution >= 4 is 11.8 Å². The molecule has 1 aliphatic carbocycles. The van der Waals surface area contributed by atoms with E-state index in [1.165, 1.54) is 43.6 Å². The Bertz CT molecular complexity index is 215. The first-order valence-corrected chi connectivity index (χ1v) is 7.50. The van der Waals surface area contributed by atoms with E-state index >= 15 is 0 Å². The molecular formula is C12H21NOS. The SMILES string of the molecule is C1COC2(CCSCC2)C(CC2CC2)N1. The lowest BCUT2D eigenvalue weighted by Gasteiger charge is -2.47. The third-order valence-corrected chi connectivity index (χ3v) is 5.11. The topological polar surface area (TPSA) is 21.3 Å². The lowest BCUT2D eigenvalue weighted by molar-refractivity contribution is -0.104. The highest BCUT2D eigenvalue weighted by Crippen LogP contribution is 2.41. The van der Waals surface area contributed by atoms with Crippen LogP contribution in [0.25, 0.3) is 0 Å². The number of hydrogen-bond donors (Lipinski definition) is 1. The fraction of sp³-hybridized carbons (Fsp3) is 1.00. The van der Waals surface area contributed by atoms with Crippen molar-refractivity contribution in [2.75, 3.05) is 24.7 Å². The second kappa shape index (κ2) is 4.27. The Kier molecular flexibility index (Phi) is 2.97. The van der Waals surface area contributed by atoms with Crippen LogP contribution in [0, 0.1) is 5.92 Å². The quantitative estimate of drug-likeness (QED) is 0.780. The van der Waals surface area contributed by atoms with E-state index in [-0.39, 0.29) is 5.60 Å². The average molecular weight is 227 g/mol. The Morgan fingerprint density at radius 3 is 2.80 bits per heavy atom. The van der Waals surface area contributed by atoms with Crippen molar-refractivity contribution in [2.45, 2.75) is 43.7 Å². The Morgan fingerprint density at radius 2 is 2.07 bits per heavy atom. The molecule has 86 valence electrons. The van der Waals surface area contributed by atoms with Gasteiger partial charge in [0.1, 0.15) is 0 Å². The van der Waals surface area contributed by atoms with Gasteiger partial charge in [-0.2, -0.15) is 11.8 Å². The van der Waals surface area contributed by atoms with Gasteiger partial charge in [-0.25, -0.2) is 0 Å². The second-order valence-corrected chi connectivity index (χ2v) is 6.44. The maximum absolute atomic E-state index is 6.17. The minimum absolute atomic E-state index is 0.214. The number of hydrogen-bond acceptors (Lipinski definition) is 3. The largest absolute Gasteiger partial charge is 0.372 e. The van der Waals surface area contributed by atoms with Gasteiger partial charge in [0.25, 0.3) is 0 Å². The highest BCUT2D eigenvalue weighted by molar-refractivity contribution is 7.99. The zero-order valence-electron chi connectivity index (χ0n) is 9.34. The predicted octanol–water partition coefficient (Wildman–Crippen LogP) is 2.04. The van der Waals surface area contributed by atoms with Crippen molar-refractivity contribution in [1.29, 1.82) is 0 Å². The number of rotatable bonds is 2. The van der Waals surface area contributed by atoms with Crippen molar-refractivity contribution in [3.8, 4) is 0 Å². The van der Waals surface area contributed by atoms with E-state index in [4.69, 9.17) is 4.74 Å². The summed E-state index contributed by atoms with van der Waals surface area (Å²) in [4.78, 5) is 0. The molecule has 1 N–H and O–H groups in total. The van der Waals surface area contributed by atoms with Crippen LogP contribution in [0.5, 0.6) is 0 Å². The van der Waals surface area contributed by atoms with Crippen molar-refractivity contribution in [3.05, 3.63) is 0 Å². The molecule has 1 atom stereocenters. The molecule has 2 nitrogen and oxygen atoms in total. The number of ether oxygens (including phenoxy) is 1. The minimum atomic E-state index is 0.214. The van der Waals surface area contributed by atoms with E-state index in [1.54, 1.807) is 0 Å². The normalized spacial score (nSPS) is 35.6. The van der Waals surface area contributed by atoms with Crippen LogP contribution in [-0.2, 0) is 4.74 Å². The molecule has 0 radical (unpaired) electrons. The van der Waals surface area contributed by atoms with E-state index in [2.05, 4.69) is 17.1 Å². The summed E-state index contributed by atoms with van der Waals surface area (Å²) >= 11 is 2.09. The van der Waals surface area contributed by atoms with Crippen LogP contribution < -0.4 is 5.32 Å². The lowest BCUT2D eigenvalue weighted by atomic mass is 9.83. The summed E-state index contributed by atoms with van der Waals surface area (Å²) in [6.07, 6.45) is 6.82. The highest BCUT2D eigenvalue weighted by Gasteiger charge is 2.44. The van der Waals surface area contributed by atoms with Gasteiger partial charge in [0.15, 0.2) is 0 Å². The van der Waals surface area contributed by atoms with Crippen LogP contribution in [0.4, 0.5) is 0 Å². The van der Waals surface area contributed by atoms with E-state index in [1.807, 2.05) is 0 Å². The fourth-order valence-electron chi connectivity index (χ4n) is 2.97. The number of nitrogens with one attached hydrogen (secondary N) is 1. The van der Waals surface area contributed by atoms with E-state index < -0.39 is 0 Å². The monoisotopic (exact) mass is 227 g/mol. The Labute approximate surface area is 96.5 Å². The van der Waals surface area contributed by atoms with E-state index in [9.17, 15) is 0 Å². The zero-order valence-corrected chi connectivity index (χ0v) is 10.2. The molecular weight excluding hydrogens is 206 g/mol. The van der Waals surface area contributed by atoms with Gasteiger partial charge in [-0.3, -0.25) is 0 Å². The molecule has 0 amide bonds. The van der Waals surface area contributed by atoms with Crippen LogP contribution >= 0.6 is 11.8 Å². The first kappa shape index (κ1) is 10.4. The van der Waals surface area contributed by atoms with Gasteiger partial charge in [0.05, 0.1) is 12.2 Å². The van der Waals surface area contributed by atoms with Gasteiger partial charge in [-0.15, -0.1) is 0 Å². The third kappa shape index (κ3) is 2.20. The summed E-state index contributed by atoms with van der Waals surface area (Å²) in [5, 5.41) is 3.72. The summed E-state index contributed by atoms with van der Waals surface area (Å²) in [5.41, 5.74) is 0.214. The highest BCUT2D eigenvalue weighted by atomic mass is 32.2. The smallest absolute Gasteiger partial charge is 0.0851 e. The van der Waals surface area contributed by atoms with Gasteiger partial charge in [-0.1, -0.05) is 12.8 Å². The zero-order chi connectivity index (χ0) is 10.1. The molecule has 15 heavy (non-hydrogen) atoms. The second-order valence-electron chi connectivity index (χ2n) is 5.21. The molecule has 0 aromatic carbocycles. The number of thioether (sulfide) groups is 1. The lowest BCUT2D eigenvalue weighted by Crippen LogP contribution is -2.59. The summed E-state index contributed by atoms with van der Waals surface area (Å²) < 4.78 is 6.17. The van der Waals surface area contributed by atoms with Crippen LogP contribution in [0.3, 0.4) is 0 Å². The molecule has 3 rings (SSSR count). The predicted molar refractivity (Wildman–Crippen MR) is 64.4 cm³/mol. The molecule has 1 spiro atoms. The van der Waals surface area contributed by atoms with Gasteiger partial charge < -0.3 is 10.1 Å². The van der Waals surface area contributed by atoms with Gasteiger partial charge in [0.2, 0.25) is 0 Å². The average Bonchev–Trinajstić information content (AvgIpc) is 3.07. The first-order chi connectivity index (χ1) is 7.39. The van der Waals surface area contributed by atoms with Gasteiger partial charge in [0, 0.05) is 12.6 Å². The Balaban J connectivity index is 1.69. The molecule has 1 saturated carbocycles. The number of morpholine rings is 1. The Hall–Kier alpha value is 0.270. The van der Waals surface area contributed by atoms with Crippen molar-refractivity contribution in [3.63, 3.8) is 0 Å². The summed E-state index contributed by atoms with van der Waals surface area (Å²) in [5.74, 6) is 3.60. The molecule has 1 unspecified atom stereocenters. The standard InChI is InChI=1S/C12H21NOS/c1-2-10(1)9-11-12(14-6-5-13-11)3-7-15-8-4-12/h10-11,13H,1-9H2. The van der Waals surface area contributed by atoms with Crippen molar-refractivity contribution < 1.29 is 4.74 Å². The first-order valence-electron chi connectivity index (χ1n) is 6.34. The molecule has 0 bridgehead atoms. The molecule has 3 heteroatoms. The molecule has 0 aromatic rings. The molecule has 2 aliphatic heterocycles. The molecule has 3 fully saturated rings. The van der Waals surface area contributed by atoms with Gasteiger partial charge in [-0.05, 0) is 36.7 Å². The van der Waals surface area contributed by atoms with Crippen LogP contribution in [0.2, 0.25) is 0 Å². The van der Waals surface area contributed by atoms with Crippen molar-refractivity contribution in [2.24, 2.45) is 5.92 Å². The maximum Gasteiger partial charge on any atom is 0.0851 e. The molecule has 2 saturated heterocycles. The molecule has 0 aromatic heterocycles. The third-order valence-electron chi connectivity index (χ3n) is 4.12. The maximum atomic E-state index is 6.17. The van der Waals surface area contributed by atoms with Crippen molar-refractivity contribution in [1.82, 2.24) is 5.32 Å². The summed E-state index contributed by atoms with van der Waals surface area (Å²) in [6, 6.07) is 0.652. The van der Waals surface area contributed by atoms with E-state index in [0.29, 0.717) is 6.04 Å². The Morgan fingerprint density at radius 1 is 1.27 bits per heavy atom. The van der Waals surface area contributed by atoms with Crippen LogP contribution in [-0.4, -0.2) is 36.3 Å². The molecule has 3 aliphatic rings. The van der Waals surface area contributed by atoms with Crippen LogP contribution in [0.15, 0.2) is 0 Å². The minimum Gasteiger partial charge on any atom is -0.372 e. The van der Waals surface area contributed by atoms with Gasteiger partial charge >= 0.3 is 0 Å². The summed E-state index contributed by atoms with van der Waals surface area (Å²) in [7, 11) is 0. The molecule has 2 heterocycles. The fourth-order valence-corrected chi connectivity index (χ4v) is 4.15. The van der Waals surface area contributed by atoms with Crippen LogP contribution in [0.1, 0.15) is 32.1 Å². The van der Waals surface area contributed by atoms with E-state index in [0.717, 1.165) is 19.1 Å². The summed E-state index contributed by atoms with van der Waals surface area (Å²) in [6.45, 7) is 1.98.